The molecule has 0 heterocycles. The van der Waals surface area contributed by atoms with Crippen molar-refractivity contribution in [2.24, 2.45) is 11.8 Å². The fourth-order valence-electron chi connectivity index (χ4n) is 3.22. The lowest BCUT2D eigenvalue weighted by Crippen LogP contribution is -2.22. The van der Waals surface area contributed by atoms with Gasteiger partial charge in [-0.05, 0) is 31.1 Å². The molecule has 0 radical (unpaired) electrons. The largest absolute Gasteiger partial charge is 0.396 e. The normalized spacial score (nSPS) is 30.7. The molecule has 0 bridgehead atoms. The first-order valence-corrected chi connectivity index (χ1v) is 7.61. The fourth-order valence-corrected chi connectivity index (χ4v) is 3.22. The topological polar surface area (TPSA) is 77.8 Å². The van der Waals surface area contributed by atoms with Crippen molar-refractivity contribution >= 4 is 6.29 Å². The number of aliphatic hydroxyl groups excluding tert-OH is 3. The first-order valence-electron chi connectivity index (χ1n) is 7.61. The van der Waals surface area contributed by atoms with Crippen LogP contribution in [0.2, 0.25) is 0 Å². The molecule has 1 aliphatic rings. The number of rotatable bonds is 10. The van der Waals surface area contributed by atoms with Gasteiger partial charge < -0.3 is 20.1 Å². The summed E-state index contributed by atoms with van der Waals surface area (Å²) in [5, 5.41) is 28.4. The Balaban J connectivity index is 2.17. The zero-order valence-corrected chi connectivity index (χ0v) is 11.7. The van der Waals surface area contributed by atoms with E-state index in [-0.39, 0.29) is 18.4 Å². The first kappa shape index (κ1) is 16.6. The second-order valence-corrected chi connectivity index (χ2v) is 5.73. The maximum Gasteiger partial charge on any atom is 0.120 e. The molecule has 1 saturated carbocycles. The van der Waals surface area contributed by atoms with Gasteiger partial charge in [-0.2, -0.15) is 0 Å². The van der Waals surface area contributed by atoms with Crippen molar-refractivity contribution in [1.29, 1.82) is 0 Å². The predicted octanol–water partition coefficient (Wildman–Crippen LogP) is 1.66. The second kappa shape index (κ2) is 9.45. The number of aldehydes is 1. The SMILES string of the molecule is O=CC[C@H]1[C@H](CCCCCCCCO)[C@@H](O)C[C@H]1O. The maximum absolute atomic E-state index is 10.6. The Kier molecular flexibility index (Phi) is 8.26. The summed E-state index contributed by atoms with van der Waals surface area (Å²) in [5.41, 5.74) is 0. The Morgan fingerprint density at radius 2 is 1.47 bits per heavy atom. The highest BCUT2D eigenvalue weighted by molar-refractivity contribution is 5.50. The standard InChI is InChI=1S/C15H28O4/c16-9-6-4-2-1-3-5-7-12-13(8-10-17)15(19)11-14(12)18/h10,12-16,18-19H,1-9,11H2/t12-,13-,14-,15+/m0/s1. The van der Waals surface area contributed by atoms with E-state index in [4.69, 9.17) is 5.11 Å². The monoisotopic (exact) mass is 272 g/mol. The summed E-state index contributed by atoms with van der Waals surface area (Å²) in [7, 11) is 0. The molecule has 0 aromatic rings. The fraction of sp³-hybridized carbons (Fsp3) is 0.933. The molecule has 1 fully saturated rings. The van der Waals surface area contributed by atoms with Crippen LogP contribution >= 0.6 is 0 Å². The molecule has 4 atom stereocenters. The van der Waals surface area contributed by atoms with Crippen molar-refractivity contribution in [1.82, 2.24) is 0 Å². The Morgan fingerprint density at radius 3 is 2.11 bits per heavy atom. The molecule has 1 aliphatic carbocycles. The summed E-state index contributed by atoms with van der Waals surface area (Å²) in [6.07, 6.45) is 8.00. The molecule has 0 unspecified atom stereocenters. The molecule has 1 rings (SSSR count). The number of carbonyl (C=O) groups excluding carboxylic acids is 1. The van der Waals surface area contributed by atoms with Crippen molar-refractivity contribution in [2.45, 2.75) is 70.0 Å². The Morgan fingerprint density at radius 1 is 0.895 bits per heavy atom. The van der Waals surface area contributed by atoms with E-state index in [1.165, 1.54) is 0 Å². The van der Waals surface area contributed by atoms with Gasteiger partial charge in [0.15, 0.2) is 0 Å². The average molecular weight is 272 g/mol. The van der Waals surface area contributed by atoms with Gasteiger partial charge in [-0.15, -0.1) is 0 Å². The van der Waals surface area contributed by atoms with Crippen LogP contribution < -0.4 is 0 Å². The van der Waals surface area contributed by atoms with Crippen LogP contribution in [0.25, 0.3) is 0 Å². The summed E-state index contributed by atoms with van der Waals surface area (Å²) >= 11 is 0. The third kappa shape index (κ3) is 5.59. The molecule has 4 nitrogen and oxygen atoms in total. The number of carbonyl (C=O) groups is 1. The molecule has 0 amide bonds. The van der Waals surface area contributed by atoms with Gasteiger partial charge in [0.1, 0.15) is 6.29 Å². The Bertz CT molecular complexity index is 244. The summed E-state index contributed by atoms with van der Waals surface area (Å²) in [5.74, 6) is 0.0273. The molecule has 19 heavy (non-hydrogen) atoms. The van der Waals surface area contributed by atoms with E-state index < -0.39 is 12.2 Å². The molecule has 0 saturated heterocycles. The van der Waals surface area contributed by atoms with Crippen LogP contribution in [0, 0.1) is 11.8 Å². The van der Waals surface area contributed by atoms with Gasteiger partial charge >= 0.3 is 0 Å². The van der Waals surface area contributed by atoms with E-state index in [0.29, 0.717) is 12.8 Å². The highest BCUT2D eigenvalue weighted by Gasteiger charge is 2.40. The molecule has 0 aromatic carbocycles. The molecular weight excluding hydrogens is 244 g/mol. The minimum atomic E-state index is -0.519. The van der Waals surface area contributed by atoms with Crippen LogP contribution in [0.5, 0.6) is 0 Å². The molecule has 112 valence electrons. The number of aliphatic hydroxyl groups is 3. The van der Waals surface area contributed by atoms with Gasteiger partial charge in [0.05, 0.1) is 12.2 Å². The highest BCUT2D eigenvalue weighted by atomic mass is 16.3. The molecule has 3 N–H and O–H groups in total. The molecule has 0 aliphatic heterocycles. The van der Waals surface area contributed by atoms with Crippen molar-refractivity contribution in [3.05, 3.63) is 0 Å². The quantitative estimate of drug-likeness (QED) is 0.417. The summed E-state index contributed by atoms with van der Waals surface area (Å²) in [6, 6.07) is 0. The Labute approximate surface area is 115 Å². The third-order valence-corrected chi connectivity index (χ3v) is 4.34. The lowest BCUT2D eigenvalue weighted by molar-refractivity contribution is -0.109. The van der Waals surface area contributed by atoms with E-state index >= 15 is 0 Å². The third-order valence-electron chi connectivity index (χ3n) is 4.34. The zero-order valence-electron chi connectivity index (χ0n) is 11.7. The first-order chi connectivity index (χ1) is 9.20. The molecule has 4 heteroatoms. The summed E-state index contributed by atoms with van der Waals surface area (Å²) in [6.45, 7) is 0.277. The zero-order chi connectivity index (χ0) is 14.1. The lowest BCUT2D eigenvalue weighted by Gasteiger charge is -2.21. The molecule has 0 spiro atoms. The van der Waals surface area contributed by atoms with Gasteiger partial charge in [0, 0.05) is 13.0 Å². The van der Waals surface area contributed by atoms with Crippen LogP contribution in [-0.2, 0) is 4.79 Å². The van der Waals surface area contributed by atoms with Gasteiger partial charge in [0.2, 0.25) is 0 Å². The predicted molar refractivity (Wildman–Crippen MR) is 73.7 cm³/mol. The van der Waals surface area contributed by atoms with E-state index in [1.807, 2.05) is 0 Å². The summed E-state index contributed by atoms with van der Waals surface area (Å²) < 4.78 is 0. The number of hydrogen-bond donors (Lipinski definition) is 3. The minimum Gasteiger partial charge on any atom is -0.396 e. The van der Waals surface area contributed by atoms with Crippen LogP contribution in [0.15, 0.2) is 0 Å². The van der Waals surface area contributed by atoms with Gasteiger partial charge in [-0.3, -0.25) is 0 Å². The lowest BCUT2D eigenvalue weighted by atomic mass is 9.87. The Hall–Kier alpha value is -0.450. The van der Waals surface area contributed by atoms with Crippen LogP contribution in [0.4, 0.5) is 0 Å². The average Bonchev–Trinajstić information content (AvgIpc) is 2.64. The van der Waals surface area contributed by atoms with Crippen molar-refractivity contribution < 1.29 is 20.1 Å². The van der Waals surface area contributed by atoms with E-state index in [9.17, 15) is 15.0 Å². The van der Waals surface area contributed by atoms with Crippen molar-refractivity contribution in [3.63, 3.8) is 0 Å². The van der Waals surface area contributed by atoms with Crippen LogP contribution in [0.1, 0.15) is 57.8 Å². The van der Waals surface area contributed by atoms with E-state index in [0.717, 1.165) is 51.2 Å². The minimum absolute atomic E-state index is 0.0538. The van der Waals surface area contributed by atoms with Gasteiger partial charge in [-0.1, -0.05) is 32.1 Å². The highest BCUT2D eigenvalue weighted by Crippen LogP contribution is 2.37. The number of hydrogen-bond acceptors (Lipinski definition) is 4. The van der Waals surface area contributed by atoms with E-state index in [2.05, 4.69) is 0 Å². The second-order valence-electron chi connectivity index (χ2n) is 5.73. The number of unbranched alkanes of at least 4 members (excludes halogenated alkanes) is 5. The molecular formula is C15H28O4. The van der Waals surface area contributed by atoms with E-state index in [1.54, 1.807) is 0 Å². The van der Waals surface area contributed by atoms with Gasteiger partial charge in [0.25, 0.3) is 0 Å². The van der Waals surface area contributed by atoms with Crippen molar-refractivity contribution in [3.8, 4) is 0 Å². The van der Waals surface area contributed by atoms with Crippen molar-refractivity contribution in [2.75, 3.05) is 6.61 Å². The van der Waals surface area contributed by atoms with Crippen LogP contribution in [-0.4, -0.2) is 40.4 Å². The van der Waals surface area contributed by atoms with Gasteiger partial charge in [-0.25, -0.2) is 0 Å². The maximum atomic E-state index is 10.6. The van der Waals surface area contributed by atoms with Crippen LogP contribution in [0.3, 0.4) is 0 Å². The summed E-state index contributed by atoms with van der Waals surface area (Å²) in [4.78, 5) is 10.6. The molecule has 0 aromatic heterocycles. The smallest absolute Gasteiger partial charge is 0.120 e.